The van der Waals surface area contributed by atoms with Crippen LogP contribution >= 0.6 is 15.9 Å². The molecule has 1 aromatic carbocycles. The number of nitrogens with one attached hydrogen (secondary N) is 1. The van der Waals surface area contributed by atoms with Gasteiger partial charge in [0, 0.05) is 17.1 Å². The van der Waals surface area contributed by atoms with Gasteiger partial charge in [0.05, 0.1) is 11.3 Å². The molecule has 2 rings (SSSR count). The highest BCUT2D eigenvalue weighted by Gasteiger charge is 2.29. The number of hydrogen-bond donors (Lipinski definition) is 1. The molecule has 0 radical (unpaired) electrons. The minimum absolute atomic E-state index is 0.0149. The van der Waals surface area contributed by atoms with Crippen LogP contribution in [0, 0.1) is 11.3 Å². The highest BCUT2D eigenvalue weighted by molar-refractivity contribution is 9.10. The SMILES string of the molecule is CC1CCCCN1S(=O)(=O)Nc1cc(Br)ccc1C#N. The van der Waals surface area contributed by atoms with E-state index in [1.54, 1.807) is 18.2 Å². The first-order valence-corrected chi connectivity index (χ1v) is 8.66. The van der Waals surface area contributed by atoms with Gasteiger partial charge in [-0.2, -0.15) is 18.0 Å². The first-order valence-electron chi connectivity index (χ1n) is 6.43. The van der Waals surface area contributed by atoms with E-state index in [2.05, 4.69) is 20.7 Å². The van der Waals surface area contributed by atoms with E-state index in [1.807, 2.05) is 13.0 Å². The van der Waals surface area contributed by atoms with Crippen molar-refractivity contribution in [1.29, 1.82) is 5.26 Å². The van der Waals surface area contributed by atoms with E-state index in [1.165, 1.54) is 4.31 Å². The van der Waals surface area contributed by atoms with Crippen LogP contribution in [-0.4, -0.2) is 25.3 Å². The summed E-state index contributed by atoms with van der Waals surface area (Å²) >= 11 is 3.28. The Morgan fingerprint density at radius 2 is 2.20 bits per heavy atom. The Morgan fingerprint density at radius 3 is 2.85 bits per heavy atom. The Hall–Kier alpha value is -1.10. The molecule has 0 saturated carbocycles. The summed E-state index contributed by atoms with van der Waals surface area (Å²) in [4.78, 5) is 0. The Morgan fingerprint density at radius 1 is 1.45 bits per heavy atom. The Labute approximate surface area is 127 Å². The molecule has 108 valence electrons. The topological polar surface area (TPSA) is 73.2 Å². The van der Waals surface area contributed by atoms with Gasteiger partial charge in [0.2, 0.25) is 0 Å². The van der Waals surface area contributed by atoms with Crippen LogP contribution in [0.1, 0.15) is 31.7 Å². The maximum Gasteiger partial charge on any atom is 0.301 e. The maximum absolute atomic E-state index is 12.4. The number of piperidine rings is 1. The third-order valence-electron chi connectivity index (χ3n) is 3.39. The molecule has 0 amide bonds. The van der Waals surface area contributed by atoms with Crippen LogP contribution < -0.4 is 4.72 Å². The minimum Gasteiger partial charge on any atom is -0.270 e. The number of nitriles is 1. The van der Waals surface area contributed by atoms with E-state index in [0.29, 0.717) is 17.8 Å². The molecule has 1 saturated heterocycles. The molecule has 0 spiro atoms. The smallest absolute Gasteiger partial charge is 0.270 e. The summed E-state index contributed by atoms with van der Waals surface area (Å²) < 4.78 is 29.6. The van der Waals surface area contributed by atoms with Crippen LogP contribution in [0.15, 0.2) is 22.7 Å². The number of nitrogens with zero attached hydrogens (tertiary/aromatic N) is 2. The van der Waals surface area contributed by atoms with Crippen molar-refractivity contribution in [1.82, 2.24) is 4.31 Å². The quantitative estimate of drug-likeness (QED) is 0.903. The lowest BCUT2D eigenvalue weighted by Crippen LogP contribution is -2.44. The van der Waals surface area contributed by atoms with Gasteiger partial charge in [-0.3, -0.25) is 4.72 Å². The molecule has 1 heterocycles. The van der Waals surface area contributed by atoms with Crippen LogP contribution in [0.4, 0.5) is 5.69 Å². The van der Waals surface area contributed by atoms with Gasteiger partial charge < -0.3 is 0 Å². The molecule has 1 atom stereocenters. The van der Waals surface area contributed by atoms with Gasteiger partial charge in [-0.15, -0.1) is 0 Å². The van der Waals surface area contributed by atoms with E-state index in [4.69, 9.17) is 5.26 Å². The molecule has 5 nitrogen and oxygen atoms in total. The van der Waals surface area contributed by atoms with Crippen molar-refractivity contribution < 1.29 is 8.42 Å². The second-order valence-corrected chi connectivity index (χ2v) is 7.40. The Balaban J connectivity index is 2.28. The van der Waals surface area contributed by atoms with E-state index >= 15 is 0 Å². The normalized spacial score (nSPS) is 20.4. The van der Waals surface area contributed by atoms with Crippen LogP contribution in [0.25, 0.3) is 0 Å². The average Bonchev–Trinajstić information content (AvgIpc) is 2.39. The molecule has 1 fully saturated rings. The second kappa shape index (κ2) is 6.12. The summed E-state index contributed by atoms with van der Waals surface area (Å²) in [6.45, 7) is 2.43. The molecule has 1 N–H and O–H groups in total. The number of rotatable bonds is 3. The predicted molar refractivity (Wildman–Crippen MR) is 81.4 cm³/mol. The van der Waals surface area contributed by atoms with Crippen molar-refractivity contribution >= 4 is 31.8 Å². The fourth-order valence-corrected chi connectivity index (χ4v) is 4.20. The molecule has 1 aliphatic heterocycles. The zero-order valence-corrected chi connectivity index (χ0v) is 13.5. The zero-order valence-electron chi connectivity index (χ0n) is 11.1. The first kappa shape index (κ1) is 15.3. The number of hydrogen-bond acceptors (Lipinski definition) is 3. The van der Waals surface area contributed by atoms with Crippen molar-refractivity contribution in [3.8, 4) is 6.07 Å². The molecule has 1 aliphatic rings. The summed E-state index contributed by atoms with van der Waals surface area (Å²) in [5.74, 6) is 0. The lowest BCUT2D eigenvalue weighted by Gasteiger charge is -2.32. The van der Waals surface area contributed by atoms with Crippen LogP contribution in [0.3, 0.4) is 0 Å². The van der Waals surface area contributed by atoms with Gasteiger partial charge >= 0.3 is 10.2 Å². The summed E-state index contributed by atoms with van der Waals surface area (Å²) in [7, 11) is -3.62. The largest absolute Gasteiger partial charge is 0.301 e. The molecule has 20 heavy (non-hydrogen) atoms. The fraction of sp³-hybridized carbons (Fsp3) is 0.462. The highest BCUT2D eigenvalue weighted by atomic mass is 79.9. The molecule has 7 heteroatoms. The molecular formula is C13H16BrN3O2S. The summed E-state index contributed by atoms with van der Waals surface area (Å²) in [5.41, 5.74) is 0.612. The Bertz CT molecular complexity index is 640. The van der Waals surface area contributed by atoms with Gasteiger partial charge in [-0.1, -0.05) is 22.4 Å². The van der Waals surface area contributed by atoms with Gasteiger partial charge in [-0.05, 0) is 38.0 Å². The second-order valence-electron chi connectivity index (χ2n) is 4.86. The summed E-state index contributed by atoms with van der Waals surface area (Å²) in [6, 6.07) is 6.87. The minimum atomic E-state index is -3.62. The van der Waals surface area contributed by atoms with Crippen molar-refractivity contribution in [3.63, 3.8) is 0 Å². The van der Waals surface area contributed by atoms with Crippen LogP contribution in [-0.2, 0) is 10.2 Å². The number of halogens is 1. The predicted octanol–water partition coefficient (Wildman–Crippen LogP) is 2.85. The van der Waals surface area contributed by atoms with Crippen LogP contribution in [0.2, 0.25) is 0 Å². The standard InChI is InChI=1S/C13H16BrN3O2S/c1-10-4-2-3-7-17(10)20(18,19)16-13-8-12(14)6-5-11(13)9-15/h5-6,8,10,16H,2-4,7H2,1H3. The van der Waals surface area contributed by atoms with Crippen molar-refractivity contribution in [3.05, 3.63) is 28.2 Å². The van der Waals surface area contributed by atoms with Gasteiger partial charge in [0.25, 0.3) is 0 Å². The summed E-state index contributed by atoms with van der Waals surface area (Å²) in [5, 5.41) is 9.05. The molecule has 1 aromatic rings. The zero-order chi connectivity index (χ0) is 14.8. The van der Waals surface area contributed by atoms with E-state index in [-0.39, 0.29) is 6.04 Å². The molecular weight excluding hydrogens is 342 g/mol. The Kier molecular flexibility index (Phi) is 4.68. The van der Waals surface area contributed by atoms with E-state index < -0.39 is 10.2 Å². The number of anilines is 1. The van der Waals surface area contributed by atoms with Gasteiger partial charge in [0.1, 0.15) is 6.07 Å². The highest BCUT2D eigenvalue weighted by Crippen LogP contribution is 2.25. The van der Waals surface area contributed by atoms with Gasteiger partial charge in [0.15, 0.2) is 0 Å². The number of benzene rings is 1. The van der Waals surface area contributed by atoms with E-state index in [0.717, 1.165) is 23.7 Å². The molecule has 0 bridgehead atoms. The van der Waals surface area contributed by atoms with Gasteiger partial charge in [-0.25, -0.2) is 0 Å². The van der Waals surface area contributed by atoms with Crippen molar-refractivity contribution in [2.24, 2.45) is 0 Å². The van der Waals surface area contributed by atoms with Crippen molar-refractivity contribution in [2.75, 3.05) is 11.3 Å². The third-order valence-corrected chi connectivity index (χ3v) is 5.52. The average molecular weight is 358 g/mol. The van der Waals surface area contributed by atoms with Crippen LogP contribution in [0.5, 0.6) is 0 Å². The molecule has 0 aliphatic carbocycles. The monoisotopic (exact) mass is 357 g/mol. The lowest BCUT2D eigenvalue weighted by molar-refractivity contribution is 0.270. The molecule has 0 aromatic heterocycles. The van der Waals surface area contributed by atoms with Crippen molar-refractivity contribution in [2.45, 2.75) is 32.2 Å². The summed E-state index contributed by atoms with van der Waals surface area (Å²) in [6.07, 6.45) is 2.78. The first-order chi connectivity index (χ1) is 9.44. The fourth-order valence-electron chi connectivity index (χ4n) is 2.32. The van der Waals surface area contributed by atoms with E-state index in [9.17, 15) is 8.42 Å². The third kappa shape index (κ3) is 3.32. The maximum atomic E-state index is 12.4. The lowest BCUT2D eigenvalue weighted by atomic mass is 10.1. The molecule has 1 unspecified atom stereocenters.